The minimum atomic E-state index is -1.80. The van der Waals surface area contributed by atoms with E-state index in [0.717, 1.165) is 67.8 Å². The van der Waals surface area contributed by atoms with Gasteiger partial charge in [0.05, 0.1) is 348 Å². The number of rotatable bonds is 102. The summed E-state index contributed by atoms with van der Waals surface area (Å²) >= 11 is 0. The Morgan fingerprint density at radius 1 is 0.385 bits per heavy atom. The fourth-order valence-electron chi connectivity index (χ4n) is 12.9. The van der Waals surface area contributed by atoms with Crippen LogP contribution in [0.25, 0.3) is 10.9 Å². The number of nitrogen functional groups attached to an aromatic ring is 1. The zero-order chi connectivity index (χ0) is 103. The summed E-state index contributed by atoms with van der Waals surface area (Å²) in [4.78, 5) is 81.0. The number of anilines is 2. The van der Waals surface area contributed by atoms with Crippen molar-refractivity contribution in [1.29, 1.82) is 0 Å². The summed E-state index contributed by atoms with van der Waals surface area (Å²) in [5.41, 5.74) is 16.0. The van der Waals surface area contributed by atoms with Crippen molar-refractivity contribution in [2.75, 3.05) is 354 Å². The molecular formula is C99H161F4N7O33. The number of ketones is 1. The fraction of sp³-hybridized carbons (Fsp3) is 0.727. The number of pyridine rings is 1. The Labute approximate surface area is 838 Å². The number of urea groups is 1. The third-order valence-corrected chi connectivity index (χ3v) is 20.4. The molecule has 143 heavy (non-hydrogen) atoms. The summed E-state index contributed by atoms with van der Waals surface area (Å²) in [6.07, 6.45) is 7.40. The monoisotopic (exact) mass is 2050 g/mol. The molecule has 2 atom stereocenters. The number of unbranched alkanes of at least 4 members (excludes halogenated alkanes) is 4. The van der Waals surface area contributed by atoms with Gasteiger partial charge in [0.15, 0.2) is 17.4 Å². The van der Waals surface area contributed by atoms with Crippen LogP contribution < -0.4 is 37.5 Å². The number of benzene rings is 3. The number of nitrogens with two attached hydrogens (primary N) is 2. The van der Waals surface area contributed by atoms with Gasteiger partial charge in [-0.25, -0.2) is 23.4 Å². The number of hydrogen-bond donors (Lipinski definition) is 6. The number of ether oxygens (including phenoxy) is 27. The molecule has 0 bridgehead atoms. The number of aryl methyl sites for hydroxylation is 2. The lowest BCUT2D eigenvalue weighted by atomic mass is 9.89. The maximum Gasteiger partial charge on any atom is 0.407 e. The third-order valence-electron chi connectivity index (χ3n) is 20.4. The van der Waals surface area contributed by atoms with Gasteiger partial charge in [-0.15, -0.1) is 0 Å². The first kappa shape index (κ1) is 127. The van der Waals surface area contributed by atoms with Gasteiger partial charge in [-0.2, -0.15) is 8.78 Å². The Hall–Kier alpha value is -7.79. The molecule has 0 spiro atoms. The van der Waals surface area contributed by atoms with Crippen LogP contribution in [-0.2, 0) is 162 Å². The lowest BCUT2D eigenvalue weighted by Gasteiger charge is -2.24. The number of nitrogens with zero attached hydrogens (tertiary/aromatic N) is 1. The zero-order valence-corrected chi connectivity index (χ0v) is 84.2. The Balaban J connectivity index is 0.775. The molecule has 818 valence electrons. The Bertz CT molecular complexity index is 3810. The van der Waals surface area contributed by atoms with Crippen LogP contribution in [0.2, 0.25) is 0 Å². The number of esters is 1. The van der Waals surface area contributed by atoms with Gasteiger partial charge in [0, 0.05) is 49.0 Å². The molecule has 4 aromatic rings. The number of Topliss-reactive ketones (excluding diaryl/α,β-unsaturated/α-hetero) is 1. The second-order valence-corrected chi connectivity index (χ2v) is 32.1. The number of halogens is 4. The summed E-state index contributed by atoms with van der Waals surface area (Å²) in [6.45, 7) is 25.9. The van der Waals surface area contributed by atoms with Crippen LogP contribution in [0, 0.1) is 35.1 Å². The number of aromatic nitrogens is 1. The predicted octanol–water partition coefficient (Wildman–Crippen LogP) is 8.65. The molecule has 8 N–H and O–H groups in total. The molecule has 0 aliphatic heterocycles. The van der Waals surface area contributed by atoms with E-state index in [-0.39, 0.29) is 95.7 Å². The molecule has 3 aromatic carbocycles. The van der Waals surface area contributed by atoms with Gasteiger partial charge in [0.2, 0.25) is 29.2 Å². The van der Waals surface area contributed by atoms with E-state index in [9.17, 15) is 46.3 Å². The van der Waals surface area contributed by atoms with E-state index in [1.54, 1.807) is 24.3 Å². The summed E-state index contributed by atoms with van der Waals surface area (Å²) in [6, 6.07) is 13.7. The van der Waals surface area contributed by atoms with Crippen LogP contribution in [0.3, 0.4) is 0 Å². The first-order chi connectivity index (χ1) is 70.0. The molecule has 0 fully saturated rings. The average molecular weight is 2050 g/mol. The Kier molecular flexibility index (Phi) is 80.7. The minimum absolute atomic E-state index is 0.00731. The molecule has 44 heteroatoms. The van der Waals surface area contributed by atoms with Gasteiger partial charge in [0.1, 0.15) is 12.4 Å². The summed E-state index contributed by atoms with van der Waals surface area (Å²) in [5, 5.41) is 12.2. The Morgan fingerprint density at radius 2 is 0.727 bits per heavy atom. The van der Waals surface area contributed by atoms with E-state index in [1.165, 1.54) is 5.56 Å². The van der Waals surface area contributed by atoms with Crippen LogP contribution >= 0.6 is 0 Å². The van der Waals surface area contributed by atoms with E-state index in [1.807, 2.05) is 26.0 Å². The van der Waals surface area contributed by atoms with Crippen LogP contribution in [-0.4, -0.2) is 390 Å². The molecule has 0 aliphatic carbocycles. The normalized spacial score (nSPS) is 12.0. The van der Waals surface area contributed by atoms with Crippen molar-refractivity contribution in [2.24, 2.45) is 17.6 Å². The van der Waals surface area contributed by atoms with Gasteiger partial charge in [-0.3, -0.25) is 19.2 Å². The lowest BCUT2D eigenvalue weighted by Crippen LogP contribution is -2.45. The third kappa shape index (κ3) is 70.7. The van der Waals surface area contributed by atoms with Gasteiger partial charge in [-0.1, -0.05) is 64.3 Å². The number of fused-ring (bicyclic) bond motifs is 1. The first-order valence-corrected chi connectivity index (χ1v) is 49.8. The highest BCUT2D eigenvalue weighted by Crippen LogP contribution is 2.28. The van der Waals surface area contributed by atoms with Crippen molar-refractivity contribution in [3.05, 3.63) is 94.6 Å². The largest absolute Gasteiger partial charge is 0.445 e. The standard InChI is InChI=1S/C99H161F4N7O33/c1-4-5-7-13-82-75-85-81(14-10-16-88(85)109-96(82)104)12-8-6-9-23-107-99(116)142-78-80-17-19-84(20-18-80)108-97(114)83(15-11-24-106-98(105)115)76-89(111)94(79(2)3)110-90(112)21-25-117-27-29-119-31-33-121-35-37-123-39-41-125-43-45-127-47-49-129-51-53-131-55-57-133-59-61-135-63-65-137-67-69-139-71-73-141-74-72-140-70-68-138-66-64-136-62-60-134-58-56-132-54-52-130-50-48-128-46-44-126-42-40-124-38-36-122-34-32-120-30-28-118-26-22-91(113)143-95-92(102)86(100)77-87(101)93(95)103/h10,14,16-20,75,77,79,83,94H,4-9,11-13,15,21-74,76,78H2,1-3H3,(H2,104,109)(H,107,116)(H,108,114)(H,110,112)(H3,105,106,115)/t83-,94+/m1/s1. The highest BCUT2D eigenvalue weighted by atomic mass is 19.2. The van der Waals surface area contributed by atoms with E-state index < -0.39 is 71.4 Å². The maximum atomic E-state index is 13.8. The van der Waals surface area contributed by atoms with Crippen molar-refractivity contribution >= 4 is 58.1 Å². The van der Waals surface area contributed by atoms with Crippen LogP contribution in [0.5, 0.6) is 5.75 Å². The molecule has 0 saturated heterocycles. The number of alkyl carbamates (subject to hydrolysis) is 1. The minimum Gasteiger partial charge on any atom is -0.445 e. The smallest absolute Gasteiger partial charge is 0.407 e. The topological polar surface area (TPSA) is 465 Å². The number of primary amides is 1. The second kappa shape index (κ2) is 90.5. The molecule has 40 nitrogen and oxygen atoms in total. The van der Waals surface area contributed by atoms with Crippen LogP contribution in [0.15, 0.2) is 54.6 Å². The van der Waals surface area contributed by atoms with E-state index in [4.69, 9.17) is 135 Å². The van der Waals surface area contributed by atoms with Crippen molar-refractivity contribution in [3.8, 4) is 5.75 Å². The molecule has 1 aromatic heterocycles. The summed E-state index contributed by atoms with van der Waals surface area (Å²) in [7, 11) is 0. The molecule has 0 radical (unpaired) electrons. The number of nitrogens with one attached hydrogen (secondary N) is 4. The maximum absolute atomic E-state index is 13.8. The highest BCUT2D eigenvalue weighted by Gasteiger charge is 2.30. The molecule has 0 aliphatic rings. The number of carbonyl (C=O) groups is 6. The van der Waals surface area contributed by atoms with Gasteiger partial charge >= 0.3 is 18.1 Å². The lowest BCUT2D eigenvalue weighted by molar-refractivity contribution is -0.136. The van der Waals surface area contributed by atoms with E-state index in [2.05, 4.69) is 50.0 Å². The van der Waals surface area contributed by atoms with Gasteiger partial charge in [-0.05, 0) is 91.8 Å². The Morgan fingerprint density at radius 3 is 1.08 bits per heavy atom. The van der Waals surface area contributed by atoms with Crippen molar-refractivity contribution < 1.29 is 174 Å². The summed E-state index contributed by atoms with van der Waals surface area (Å²) < 4.78 is 201. The molecule has 0 unspecified atom stereocenters. The van der Waals surface area contributed by atoms with Gasteiger partial charge < -0.3 is 161 Å². The fourth-order valence-corrected chi connectivity index (χ4v) is 12.9. The zero-order valence-electron chi connectivity index (χ0n) is 84.2. The first-order valence-electron chi connectivity index (χ1n) is 49.8. The quantitative estimate of drug-likeness (QED) is 0.00791. The average Bonchev–Trinajstić information content (AvgIpc) is 0.792. The number of carbonyl (C=O) groups excluding carboxylic acids is 6. The summed E-state index contributed by atoms with van der Waals surface area (Å²) in [5.74, 6) is -11.1. The highest BCUT2D eigenvalue weighted by molar-refractivity contribution is 5.97. The second-order valence-electron chi connectivity index (χ2n) is 32.1. The molecule has 0 saturated carbocycles. The van der Waals surface area contributed by atoms with Crippen LogP contribution in [0.1, 0.15) is 108 Å². The van der Waals surface area contributed by atoms with Crippen molar-refractivity contribution in [3.63, 3.8) is 0 Å². The van der Waals surface area contributed by atoms with Crippen LogP contribution in [0.4, 0.5) is 38.7 Å². The SMILES string of the molecule is CCCCCc1cc2c(CCCCCNC(=O)OCc3ccc(NC(=O)[C@H](CCCNC(N)=O)CC(=O)[C@@H](NC(=O)CCOCCOCCOCCOCCOCCOCCOCCOCCOCCOCCOCCOCCOCCOCCOCCOCCOCCOCCOCCOCCOCCOCCOCCOCCOCCC(=O)Oc4c(F)c(F)cc(F)c4F)C(C)C)cc3)cccc2nc1N. The molecule has 4 rings (SSSR count). The van der Waals surface area contributed by atoms with E-state index >= 15 is 0 Å². The van der Waals surface area contributed by atoms with E-state index in [0.29, 0.717) is 321 Å². The molecular weight excluding hydrogens is 1890 g/mol. The van der Waals surface area contributed by atoms with Crippen molar-refractivity contribution in [2.45, 2.75) is 117 Å². The number of amides is 5. The number of hydrogen-bond acceptors (Lipinski definition) is 35. The molecule has 1 heterocycles. The predicted molar refractivity (Wildman–Crippen MR) is 519 cm³/mol. The molecule has 5 amide bonds. The van der Waals surface area contributed by atoms with Crippen molar-refractivity contribution in [1.82, 2.24) is 20.9 Å². The van der Waals surface area contributed by atoms with Gasteiger partial charge in [0.25, 0.3) is 0 Å².